The third-order valence-corrected chi connectivity index (χ3v) is 4.62. The predicted molar refractivity (Wildman–Crippen MR) is 85.4 cm³/mol. The van der Waals surface area contributed by atoms with E-state index in [1.807, 2.05) is 24.3 Å². The second-order valence-corrected chi connectivity index (χ2v) is 6.87. The normalized spacial score (nSPS) is 25.9. The Labute approximate surface area is 127 Å². The summed E-state index contributed by atoms with van der Waals surface area (Å²) >= 11 is 0. The number of hydrogen-bond donors (Lipinski definition) is 2. The van der Waals surface area contributed by atoms with Crippen molar-refractivity contribution in [3.8, 4) is 0 Å². The Morgan fingerprint density at radius 1 is 1.29 bits per heavy atom. The Hall–Kier alpha value is -1.35. The van der Waals surface area contributed by atoms with Gasteiger partial charge in [-0.15, -0.1) is 0 Å². The van der Waals surface area contributed by atoms with Gasteiger partial charge in [-0.25, -0.2) is 0 Å². The number of amides is 1. The van der Waals surface area contributed by atoms with Gasteiger partial charge in [-0.2, -0.15) is 0 Å². The Kier molecular flexibility index (Phi) is 5.04. The average molecular weight is 289 g/mol. The molecule has 1 aliphatic rings. The van der Waals surface area contributed by atoms with Gasteiger partial charge in [0.15, 0.2) is 0 Å². The van der Waals surface area contributed by atoms with Crippen molar-refractivity contribution in [3.05, 3.63) is 35.4 Å². The first-order valence-corrected chi connectivity index (χ1v) is 8.00. The molecule has 21 heavy (non-hydrogen) atoms. The second-order valence-electron chi connectivity index (χ2n) is 6.87. The highest BCUT2D eigenvalue weighted by atomic mass is 16.3. The lowest BCUT2D eigenvalue weighted by Crippen LogP contribution is -2.45. The molecule has 0 aromatic heterocycles. The molecule has 0 aliphatic heterocycles. The highest BCUT2D eigenvalue weighted by Gasteiger charge is 2.32. The van der Waals surface area contributed by atoms with Crippen LogP contribution in [0.4, 0.5) is 0 Å². The number of hydrogen-bond acceptors (Lipinski definition) is 2. The quantitative estimate of drug-likeness (QED) is 0.891. The molecule has 0 unspecified atom stereocenters. The van der Waals surface area contributed by atoms with E-state index in [1.54, 1.807) is 0 Å². The fraction of sp³-hybridized carbons (Fsp3) is 0.611. The molecule has 1 aliphatic carbocycles. The van der Waals surface area contributed by atoms with Crippen LogP contribution in [0, 0.1) is 5.92 Å². The van der Waals surface area contributed by atoms with Gasteiger partial charge < -0.3 is 10.4 Å². The first kappa shape index (κ1) is 16.0. The topological polar surface area (TPSA) is 49.3 Å². The number of carbonyl (C=O) groups is 1. The van der Waals surface area contributed by atoms with E-state index in [1.165, 1.54) is 5.56 Å². The smallest absolute Gasteiger partial charge is 0.251 e. The van der Waals surface area contributed by atoms with Crippen LogP contribution < -0.4 is 5.32 Å². The first-order chi connectivity index (χ1) is 9.89. The third kappa shape index (κ3) is 4.31. The molecule has 2 rings (SSSR count). The zero-order chi connectivity index (χ0) is 15.5. The Morgan fingerprint density at radius 3 is 2.38 bits per heavy atom. The standard InChI is InChI=1S/C18H27NO2/c1-13(2)15-4-6-16(7-5-15)17(20)19-12-18(21)10-8-14(3)9-11-18/h4-7,13-14,21H,8-12H2,1-3H3,(H,19,20). The van der Waals surface area contributed by atoms with Gasteiger partial charge in [0.25, 0.3) is 5.91 Å². The summed E-state index contributed by atoms with van der Waals surface area (Å²) in [5, 5.41) is 13.4. The number of aliphatic hydroxyl groups is 1. The van der Waals surface area contributed by atoms with E-state index in [-0.39, 0.29) is 5.91 Å². The molecule has 1 aromatic carbocycles. The summed E-state index contributed by atoms with van der Waals surface area (Å²) < 4.78 is 0. The van der Waals surface area contributed by atoms with E-state index < -0.39 is 5.60 Å². The maximum absolute atomic E-state index is 12.2. The van der Waals surface area contributed by atoms with Crippen LogP contribution in [-0.2, 0) is 0 Å². The molecule has 0 radical (unpaired) electrons. The van der Waals surface area contributed by atoms with Crippen LogP contribution >= 0.6 is 0 Å². The van der Waals surface area contributed by atoms with Crippen LogP contribution in [0.25, 0.3) is 0 Å². The lowest BCUT2D eigenvalue weighted by molar-refractivity contribution is -0.00539. The van der Waals surface area contributed by atoms with Crippen LogP contribution in [0.5, 0.6) is 0 Å². The van der Waals surface area contributed by atoms with E-state index in [0.29, 0.717) is 23.9 Å². The maximum Gasteiger partial charge on any atom is 0.251 e. The molecule has 0 spiro atoms. The van der Waals surface area contributed by atoms with Crippen molar-refractivity contribution < 1.29 is 9.90 Å². The fourth-order valence-electron chi connectivity index (χ4n) is 2.84. The monoisotopic (exact) mass is 289 g/mol. The Bertz CT molecular complexity index is 470. The summed E-state index contributed by atoms with van der Waals surface area (Å²) in [6.45, 7) is 6.84. The molecule has 1 aromatic rings. The molecule has 0 atom stereocenters. The van der Waals surface area contributed by atoms with Crippen molar-refractivity contribution >= 4 is 5.91 Å². The Morgan fingerprint density at radius 2 is 1.86 bits per heavy atom. The van der Waals surface area contributed by atoms with Gasteiger partial charge in [0, 0.05) is 12.1 Å². The number of carbonyl (C=O) groups excluding carboxylic acids is 1. The molecule has 2 N–H and O–H groups in total. The minimum Gasteiger partial charge on any atom is -0.388 e. The maximum atomic E-state index is 12.2. The lowest BCUT2D eigenvalue weighted by Gasteiger charge is -2.34. The van der Waals surface area contributed by atoms with Gasteiger partial charge >= 0.3 is 0 Å². The zero-order valence-electron chi connectivity index (χ0n) is 13.4. The van der Waals surface area contributed by atoms with Crippen LogP contribution in [0.3, 0.4) is 0 Å². The van der Waals surface area contributed by atoms with Crippen molar-refractivity contribution in [1.82, 2.24) is 5.32 Å². The fourth-order valence-corrected chi connectivity index (χ4v) is 2.84. The first-order valence-electron chi connectivity index (χ1n) is 8.00. The highest BCUT2D eigenvalue weighted by molar-refractivity contribution is 5.94. The van der Waals surface area contributed by atoms with Gasteiger partial charge in [-0.3, -0.25) is 4.79 Å². The SMILES string of the molecule is CC1CCC(O)(CNC(=O)c2ccc(C(C)C)cc2)CC1. The van der Waals surface area contributed by atoms with E-state index in [0.717, 1.165) is 25.7 Å². The molecule has 116 valence electrons. The summed E-state index contributed by atoms with van der Waals surface area (Å²) in [4.78, 5) is 12.2. The van der Waals surface area contributed by atoms with Gasteiger partial charge in [0.1, 0.15) is 0 Å². The van der Waals surface area contributed by atoms with E-state index in [4.69, 9.17) is 0 Å². The largest absolute Gasteiger partial charge is 0.388 e. The molecule has 3 nitrogen and oxygen atoms in total. The minimum atomic E-state index is -0.722. The molecule has 3 heteroatoms. The number of rotatable bonds is 4. The number of nitrogens with one attached hydrogen (secondary N) is 1. The van der Waals surface area contributed by atoms with Crippen LogP contribution in [0.15, 0.2) is 24.3 Å². The van der Waals surface area contributed by atoms with Crippen molar-refractivity contribution in [2.45, 2.75) is 58.0 Å². The summed E-state index contributed by atoms with van der Waals surface area (Å²) in [6.07, 6.45) is 3.63. The van der Waals surface area contributed by atoms with Gasteiger partial charge in [0.2, 0.25) is 0 Å². The van der Waals surface area contributed by atoms with Gasteiger partial charge in [0.05, 0.1) is 5.60 Å². The molecular formula is C18H27NO2. The molecular weight excluding hydrogens is 262 g/mol. The zero-order valence-corrected chi connectivity index (χ0v) is 13.4. The highest BCUT2D eigenvalue weighted by Crippen LogP contribution is 2.31. The van der Waals surface area contributed by atoms with E-state index in [2.05, 4.69) is 26.1 Å². The van der Waals surface area contributed by atoms with Crippen molar-refractivity contribution in [1.29, 1.82) is 0 Å². The van der Waals surface area contributed by atoms with Gasteiger partial charge in [-0.1, -0.05) is 32.9 Å². The molecule has 0 bridgehead atoms. The minimum absolute atomic E-state index is 0.0997. The molecule has 0 heterocycles. The molecule has 1 saturated carbocycles. The van der Waals surface area contributed by atoms with Crippen LogP contribution in [0.2, 0.25) is 0 Å². The van der Waals surface area contributed by atoms with Gasteiger partial charge in [-0.05, 0) is 55.2 Å². The summed E-state index contributed by atoms with van der Waals surface area (Å²) in [5.74, 6) is 1.05. The second kappa shape index (κ2) is 6.61. The summed E-state index contributed by atoms with van der Waals surface area (Å²) in [7, 11) is 0. The van der Waals surface area contributed by atoms with Crippen molar-refractivity contribution in [2.75, 3.05) is 6.54 Å². The molecule has 1 fully saturated rings. The Balaban J connectivity index is 1.89. The average Bonchev–Trinajstić information content (AvgIpc) is 2.48. The third-order valence-electron chi connectivity index (χ3n) is 4.62. The van der Waals surface area contributed by atoms with Crippen LogP contribution in [-0.4, -0.2) is 23.2 Å². The summed E-state index contributed by atoms with van der Waals surface area (Å²) in [6, 6.07) is 7.71. The number of benzene rings is 1. The van der Waals surface area contributed by atoms with E-state index >= 15 is 0 Å². The predicted octanol–water partition coefficient (Wildman–Crippen LogP) is 3.48. The van der Waals surface area contributed by atoms with E-state index in [9.17, 15) is 9.90 Å². The molecule has 0 saturated heterocycles. The lowest BCUT2D eigenvalue weighted by atomic mass is 9.79. The molecule has 1 amide bonds. The van der Waals surface area contributed by atoms with Crippen molar-refractivity contribution in [2.24, 2.45) is 5.92 Å². The van der Waals surface area contributed by atoms with Crippen LogP contribution in [0.1, 0.15) is 68.3 Å². The van der Waals surface area contributed by atoms with Crippen molar-refractivity contribution in [3.63, 3.8) is 0 Å². The summed E-state index contributed by atoms with van der Waals surface area (Å²) in [5.41, 5.74) is 1.17.